The second kappa shape index (κ2) is 9.61. The van der Waals surface area contributed by atoms with Crippen molar-refractivity contribution in [1.82, 2.24) is 9.55 Å². The monoisotopic (exact) mass is 480 g/mol. The number of urea groups is 1. The summed E-state index contributed by atoms with van der Waals surface area (Å²) in [6, 6.07) is 7.97. The van der Waals surface area contributed by atoms with Crippen molar-refractivity contribution in [2.45, 2.75) is 84.1 Å². The fraction of sp³-hybridized carbons (Fsp3) is 0.500. The molecule has 1 fully saturated rings. The Morgan fingerprint density at radius 2 is 1.79 bits per heavy atom. The SMILES string of the molecule is CCc1cn(C2(CN(C(N)=O)c3c(C(C)C)cccc3C(C)C)CCCC2)c2ncc(Cl)cc12. The summed E-state index contributed by atoms with van der Waals surface area (Å²) in [6.45, 7) is 11.4. The van der Waals surface area contributed by atoms with E-state index in [1.54, 1.807) is 6.20 Å². The van der Waals surface area contributed by atoms with Gasteiger partial charge in [0.2, 0.25) is 0 Å². The number of anilines is 1. The van der Waals surface area contributed by atoms with Crippen LogP contribution in [0.4, 0.5) is 10.5 Å². The summed E-state index contributed by atoms with van der Waals surface area (Å²) in [5, 5.41) is 1.74. The smallest absolute Gasteiger partial charge is 0.319 e. The van der Waals surface area contributed by atoms with Gasteiger partial charge in [0.1, 0.15) is 5.65 Å². The van der Waals surface area contributed by atoms with Crippen LogP contribution in [0.5, 0.6) is 0 Å². The molecule has 182 valence electrons. The van der Waals surface area contributed by atoms with E-state index in [9.17, 15) is 4.79 Å². The Morgan fingerprint density at radius 1 is 1.18 bits per heavy atom. The quantitative estimate of drug-likeness (QED) is 0.384. The molecule has 0 spiro atoms. The number of rotatable bonds is 7. The highest BCUT2D eigenvalue weighted by atomic mass is 35.5. The second-order valence-electron chi connectivity index (χ2n) is 10.4. The zero-order valence-corrected chi connectivity index (χ0v) is 21.8. The number of primary amides is 1. The van der Waals surface area contributed by atoms with Gasteiger partial charge in [0, 0.05) is 17.8 Å². The number of aryl methyl sites for hydroxylation is 1. The van der Waals surface area contributed by atoms with E-state index in [-0.39, 0.29) is 17.4 Å². The molecular formula is C28H37ClN4O. The number of benzene rings is 1. The number of nitrogens with two attached hydrogens (primary N) is 1. The summed E-state index contributed by atoms with van der Waals surface area (Å²) >= 11 is 6.31. The number of para-hydroxylation sites is 1. The normalized spacial score (nSPS) is 15.5. The summed E-state index contributed by atoms with van der Waals surface area (Å²) < 4.78 is 2.33. The van der Waals surface area contributed by atoms with Crippen LogP contribution in [-0.2, 0) is 12.0 Å². The van der Waals surface area contributed by atoms with Gasteiger partial charge in [-0.1, -0.05) is 77.3 Å². The first kappa shape index (κ1) is 24.6. The highest BCUT2D eigenvalue weighted by Crippen LogP contribution is 2.43. The summed E-state index contributed by atoms with van der Waals surface area (Å²) in [5.74, 6) is 0.552. The number of hydrogen-bond acceptors (Lipinski definition) is 2. The lowest BCUT2D eigenvalue weighted by Gasteiger charge is -2.38. The number of carbonyl (C=O) groups excluding carboxylic acids is 1. The van der Waals surface area contributed by atoms with Gasteiger partial charge in [0.15, 0.2) is 0 Å². The molecule has 0 atom stereocenters. The van der Waals surface area contributed by atoms with Gasteiger partial charge in [-0.05, 0) is 53.9 Å². The Morgan fingerprint density at radius 3 is 2.32 bits per heavy atom. The van der Waals surface area contributed by atoms with Gasteiger partial charge in [-0.2, -0.15) is 0 Å². The van der Waals surface area contributed by atoms with E-state index < -0.39 is 6.03 Å². The molecule has 3 aromatic rings. The first-order valence-electron chi connectivity index (χ1n) is 12.5. The fourth-order valence-corrected chi connectivity index (χ4v) is 5.84. The molecule has 2 heterocycles. The predicted octanol–water partition coefficient (Wildman–Crippen LogP) is 7.35. The minimum Gasteiger partial charge on any atom is -0.351 e. The molecule has 0 radical (unpaired) electrons. The molecule has 6 heteroatoms. The maximum absolute atomic E-state index is 13.1. The standard InChI is InChI=1S/C28H37ClN4O/c1-6-20-16-33(26-24(20)14-21(29)15-31-26)28(12-7-8-13-28)17-32(27(30)34)25-22(18(2)3)10-9-11-23(25)19(4)5/h9-11,14-16,18-19H,6-8,12-13,17H2,1-5H3,(H2,30,34). The number of aromatic nitrogens is 2. The van der Waals surface area contributed by atoms with Crippen LogP contribution < -0.4 is 10.6 Å². The largest absolute Gasteiger partial charge is 0.351 e. The summed E-state index contributed by atoms with van der Waals surface area (Å²) in [4.78, 5) is 19.7. The third-order valence-electron chi connectivity index (χ3n) is 7.45. The number of pyridine rings is 1. The van der Waals surface area contributed by atoms with Crippen molar-refractivity contribution in [2.75, 3.05) is 11.4 Å². The lowest BCUT2D eigenvalue weighted by molar-refractivity contribution is 0.245. The predicted molar refractivity (Wildman–Crippen MR) is 142 cm³/mol. The van der Waals surface area contributed by atoms with Crippen LogP contribution in [0.3, 0.4) is 0 Å². The Bertz CT molecular complexity index is 1160. The van der Waals surface area contributed by atoms with Crippen LogP contribution >= 0.6 is 11.6 Å². The van der Waals surface area contributed by atoms with Crippen molar-refractivity contribution >= 4 is 34.4 Å². The van der Waals surface area contributed by atoms with Gasteiger partial charge < -0.3 is 10.3 Å². The number of fused-ring (bicyclic) bond motifs is 1. The lowest BCUT2D eigenvalue weighted by Crippen LogP contribution is -2.48. The molecule has 0 bridgehead atoms. The molecule has 0 saturated heterocycles. The van der Waals surface area contributed by atoms with Crippen LogP contribution in [-0.4, -0.2) is 22.1 Å². The molecule has 34 heavy (non-hydrogen) atoms. The lowest BCUT2D eigenvalue weighted by atomic mass is 9.90. The Kier molecular flexibility index (Phi) is 6.95. The maximum atomic E-state index is 13.1. The first-order valence-corrected chi connectivity index (χ1v) is 12.9. The van der Waals surface area contributed by atoms with Gasteiger partial charge >= 0.3 is 6.03 Å². The van der Waals surface area contributed by atoms with Crippen molar-refractivity contribution in [3.05, 3.63) is 58.4 Å². The van der Waals surface area contributed by atoms with Gasteiger partial charge in [0.05, 0.1) is 22.8 Å². The van der Waals surface area contributed by atoms with Crippen molar-refractivity contribution in [3.8, 4) is 0 Å². The average Bonchev–Trinajstić information content (AvgIpc) is 3.41. The molecule has 5 nitrogen and oxygen atoms in total. The number of hydrogen-bond donors (Lipinski definition) is 1. The molecule has 1 saturated carbocycles. The van der Waals surface area contributed by atoms with Crippen LogP contribution in [0, 0.1) is 0 Å². The molecule has 1 aliphatic rings. The average molecular weight is 481 g/mol. The van der Waals surface area contributed by atoms with Gasteiger partial charge in [-0.25, -0.2) is 9.78 Å². The molecule has 0 unspecified atom stereocenters. The first-order chi connectivity index (χ1) is 16.2. The minimum absolute atomic E-state index is 0.264. The van der Waals surface area contributed by atoms with Crippen LogP contribution in [0.2, 0.25) is 5.02 Å². The zero-order valence-electron chi connectivity index (χ0n) is 21.1. The molecule has 2 N–H and O–H groups in total. The van der Waals surface area contributed by atoms with Gasteiger partial charge in [0.25, 0.3) is 0 Å². The van der Waals surface area contributed by atoms with E-state index in [2.05, 4.69) is 63.6 Å². The van der Waals surface area contributed by atoms with Crippen molar-refractivity contribution in [3.63, 3.8) is 0 Å². The highest BCUT2D eigenvalue weighted by molar-refractivity contribution is 6.31. The van der Waals surface area contributed by atoms with E-state index in [0.29, 0.717) is 11.6 Å². The number of halogens is 1. The van der Waals surface area contributed by atoms with Crippen LogP contribution in [0.15, 0.2) is 36.7 Å². The number of carbonyl (C=O) groups is 1. The molecule has 2 aromatic heterocycles. The number of amides is 2. The fourth-order valence-electron chi connectivity index (χ4n) is 5.68. The third-order valence-corrected chi connectivity index (χ3v) is 7.66. The molecule has 1 aromatic carbocycles. The highest BCUT2D eigenvalue weighted by Gasteiger charge is 2.41. The number of nitrogens with zero attached hydrogens (tertiary/aromatic N) is 3. The van der Waals surface area contributed by atoms with E-state index in [1.807, 2.05) is 11.0 Å². The van der Waals surface area contributed by atoms with Crippen LogP contribution in [0.25, 0.3) is 11.0 Å². The Balaban J connectivity index is 1.90. The maximum Gasteiger partial charge on any atom is 0.319 e. The topological polar surface area (TPSA) is 64.2 Å². The summed E-state index contributed by atoms with van der Waals surface area (Å²) in [5.41, 5.74) is 11.3. The van der Waals surface area contributed by atoms with E-state index in [4.69, 9.17) is 22.3 Å². The Hall–Kier alpha value is -2.53. The molecule has 0 aliphatic heterocycles. The minimum atomic E-state index is -0.399. The van der Waals surface area contributed by atoms with Crippen molar-refractivity contribution in [1.29, 1.82) is 0 Å². The molecule has 4 rings (SSSR count). The molecule has 1 aliphatic carbocycles. The molecular weight excluding hydrogens is 444 g/mol. The van der Waals surface area contributed by atoms with Crippen molar-refractivity contribution in [2.24, 2.45) is 5.73 Å². The van der Waals surface area contributed by atoms with E-state index in [1.165, 1.54) is 5.56 Å². The van der Waals surface area contributed by atoms with Gasteiger partial charge in [-0.15, -0.1) is 0 Å². The Labute approximate surface area is 208 Å². The van der Waals surface area contributed by atoms with E-state index >= 15 is 0 Å². The van der Waals surface area contributed by atoms with Gasteiger partial charge in [-0.3, -0.25) is 4.90 Å². The second-order valence-corrected chi connectivity index (χ2v) is 10.8. The summed E-state index contributed by atoms with van der Waals surface area (Å²) in [6.07, 6.45) is 9.04. The van der Waals surface area contributed by atoms with E-state index in [0.717, 1.165) is 60.0 Å². The third kappa shape index (κ3) is 4.31. The zero-order chi connectivity index (χ0) is 24.6. The summed E-state index contributed by atoms with van der Waals surface area (Å²) in [7, 11) is 0. The van der Waals surface area contributed by atoms with Crippen molar-refractivity contribution < 1.29 is 4.79 Å². The van der Waals surface area contributed by atoms with Crippen LogP contribution in [0.1, 0.15) is 88.8 Å². The molecule has 2 amide bonds.